The molecule has 1 amide bonds. The van der Waals surface area contributed by atoms with E-state index in [9.17, 15) is 4.79 Å². The van der Waals surface area contributed by atoms with E-state index in [1.54, 1.807) is 7.11 Å². The summed E-state index contributed by atoms with van der Waals surface area (Å²) in [5, 5.41) is 3.21. The van der Waals surface area contributed by atoms with Crippen molar-refractivity contribution < 1.29 is 9.53 Å². The van der Waals surface area contributed by atoms with Gasteiger partial charge < -0.3 is 10.1 Å². The molecular weight excluding hydrogens is 288 g/mol. The van der Waals surface area contributed by atoms with E-state index in [0.29, 0.717) is 18.4 Å². The summed E-state index contributed by atoms with van der Waals surface area (Å²) in [4.78, 5) is 14.8. The first-order chi connectivity index (χ1) is 11.1. The quantitative estimate of drug-likeness (QED) is 0.903. The van der Waals surface area contributed by atoms with E-state index < -0.39 is 0 Å². The molecule has 0 radical (unpaired) electrons. The minimum absolute atomic E-state index is 0.0992. The van der Waals surface area contributed by atoms with Gasteiger partial charge in [0.2, 0.25) is 5.91 Å². The van der Waals surface area contributed by atoms with Gasteiger partial charge in [0.25, 0.3) is 0 Å². The third kappa shape index (κ3) is 3.75. The number of carbonyl (C=O) groups is 1. The van der Waals surface area contributed by atoms with Gasteiger partial charge in [0, 0.05) is 32.7 Å². The summed E-state index contributed by atoms with van der Waals surface area (Å²) in [6.07, 6.45) is 2.77. The summed E-state index contributed by atoms with van der Waals surface area (Å²) in [6.45, 7) is 6.15. The molecule has 23 heavy (non-hydrogen) atoms. The average Bonchev–Trinajstić information content (AvgIpc) is 3.10. The van der Waals surface area contributed by atoms with Crippen molar-refractivity contribution in [1.29, 1.82) is 0 Å². The van der Waals surface area contributed by atoms with Crippen molar-refractivity contribution in [2.75, 3.05) is 20.2 Å². The predicted molar refractivity (Wildman–Crippen MR) is 91.4 cm³/mol. The fourth-order valence-electron chi connectivity index (χ4n) is 3.92. The molecule has 0 bridgehead atoms. The molecule has 0 spiro atoms. The third-order valence-corrected chi connectivity index (χ3v) is 5.28. The second kappa shape index (κ2) is 7.02. The lowest BCUT2D eigenvalue weighted by Gasteiger charge is -2.20. The zero-order valence-corrected chi connectivity index (χ0v) is 14.4. The molecule has 1 fully saturated rings. The number of ether oxygens (including phenoxy) is 1. The summed E-state index contributed by atoms with van der Waals surface area (Å²) in [5.41, 5.74) is 2.82. The summed E-state index contributed by atoms with van der Waals surface area (Å²) in [6, 6.07) is 9.14. The molecule has 1 aliphatic heterocycles. The SMILES string of the molecule is CO[C@H]1CN(C(C)C)C[C@@H]1NC(=O)CC1Cc2ccccc2C1. The normalized spacial score (nSPS) is 25.0. The maximum absolute atomic E-state index is 12.5. The molecule has 0 aromatic heterocycles. The smallest absolute Gasteiger partial charge is 0.220 e. The highest BCUT2D eigenvalue weighted by Gasteiger charge is 2.35. The lowest BCUT2D eigenvalue weighted by Crippen LogP contribution is -2.44. The van der Waals surface area contributed by atoms with E-state index in [1.165, 1.54) is 11.1 Å². The second-order valence-electron chi connectivity index (χ2n) is 7.24. The number of nitrogens with zero attached hydrogens (tertiary/aromatic N) is 1. The molecule has 4 nitrogen and oxygen atoms in total. The Hall–Kier alpha value is -1.39. The van der Waals surface area contributed by atoms with Crippen molar-refractivity contribution in [2.24, 2.45) is 5.92 Å². The number of benzene rings is 1. The van der Waals surface area contributed by atoms with Crippen LogP contribution in [0.2, 0.25) is 0 Å². The molecule has 1 heterocycles. The molecule has 4 heteroatoms. The van der Waals surface area contributed by atoms with Crippen LogP contribution in [0.5, 0.6) is 0 Å². The molecule has 0 saturated carbocycles. The first-order valence-corrected chi connectivity index (χ1v) is 8.69. The van der Waals surface area contributed by atoms with E-state index >= 15 is 0 Å². The minimum Gasteiger partial charge on any atom is -0.378 e. The van der Waals surface area contributed by atoms with E-state index in [4.69, 9.17) is 4.74 Å². The van der Waals surface area contributed by atoms with Crippen LogP contribution in [0, 0.1) is 5.92 Å². The van der Waals surface area contributed by atoms with Crippen molar-refractivity contribution >= 4 is 5.91 Å². The monoisotopic (exact) mass is 316 g/mol. The van der Waals surface area contributed by atoms with Crippen molar-refractivity contribution in [2.45, 2.75) is 51.3 Å². The number of hydrogen-bond acceptors (Lipinski definition) is 3. The Balaban J connectivity index is 1.52. The van der Waals surface area contributed by atoms with Gasteiger partial charge in [-0.25, -0.2) is 0 Å². The Morgan fingerprint density at radius 1 is 1.26 bits per heavy atom. The van der Waals surface area contributed by atoms with E-state index in [0.717, 1.165) is 25.9 Å². The van der Waals surface area contributed by atoms with Crippen molar-refractivity contribution in [3.8, 4) is 0 Å². The Labute approximate surface area is 139 Å². The van der Waals surface area contributed by atoms with E-state index in [2.05, 4.69) is 48.3 Å². The van der Waals surface area contributed by atoms with Crippen LogP contribution < -0.4 is 5.32 Å². The number of nitrogens with one attached hydrogen (secondary N) is 1. The second-order valence-corrected chi connectivity index (χ2v) is 7.24. The number of methoxy groups -OCH3 is 1. The van der Waals surface area contributed by atoms with Gasteiger partial charge in [-0.15, -0.1) is 0 Å². The summed E-state index contributed by atoms with van der Waals surface area (Å²) < 4.78 is 5.57. The van der Waals surface area contributed by atoms with Gasteiger partial charge in [-0.05, 0) is 43.7 Å². The molecule has 0 unspecified atom stereocenters. The molecule has 2 aliphatic rings. The van der Waals surface area contributed by atoms with Gasteiger partial charge in [0.05, 0.1) is 12.1 Å². The number of amides is 1. The fourth-order valence-corrected chi connectivity index (χ4v) is 3.92. The molecule has 126 valence electrons. The summed E-state index contributed by atoms with van der Waals surface area (Å²) in [5.74, 6) is 0.608. The van der Waals surface area contributed by atoms with Crippen LogP contribution in [-0.4, -0.2) is 49.2 Å². The number of carbonyl (C=O) groups excluding carboxylic acids is 1. The largest absolute Gasteiger partial charge is 0.378 e. The van der Waals surface area contributed by atoms with Gasteiger partial charge in [0.1, 0.15) is 0 Å². The average molecular weight is 316 g/mol. The minimum atomic E-state index is 0.0992. The molecule has 1 aromatic rings. The van der Waals surface area contributed by atoms with Gasteiger partial charge in [0.15, 0.2) is 0 Å². The van der Waals surface area contributed by atoms with Gasteiger partial charge in [-0.1, -0.05) is 24.3 Å². The van der Waals surface area contributed by atoms with Gasteiger partial charge in [-0.2, -0.15) is 0 Å². The van der Waals surface area contributed by atoms with Crippen LogP contribution in [-0.2, 0) is 22.4 Å². The summed E-state index contributed by atoms with van der Waals surface area (Å²) in [7, 11) is 1.74. The maximum Gasteiger partial charge on any atom is 0.220 e. The molecule has 1 aromatic carbocycles. The van der Waals surface area contributed by atoms with Gasteiger partial charge in [-0.3, -0.25) is 9.69 Å². The van der Waals surface area contributed by atoms with E-state index in [1.807, 2.05) is 0 Å². The van der Waals surface area contributed by atoms with Crippen LogP contribution in [0.3, 0.4) is 0 Å². The number of fused-ring (bicyclic) bond motifs is 1. The predicted octanol–water partition coefficient (Wildman–Crippen LogP) is 2.02. The molecular formula is C19H28N2O2. The van der Waals surface area contributed by atoms with E-state index in [-0.39, 0.29) is 18.1 Å². The molecule has 3 rings (SSSR count). The maximum atomic E-state index is 12.5. The van der Waals surface area contributed by atoms with Crippen LogP contribution in [0.1, 0.15) is 31.4 Å². The third-order valence-electron chi connectivity index (χ3n) is 5.28. The Kier molecular flexibility index (Phi) is 5.02. The molecule has 1 N–H and O–H groups in total. The topological polar surface area (TPSA) is 41.6 Å². The Morgan fingerprint density at radius 2 is 1.91 bits per heavy atom. The highest BCUT2D eigenvalue weighted by atomic mass is 16.5. The van der Waals surface area contributed by atoms with Crippen molar-refractivity contribution in [1.82, 2.24) is 10.2 Å². The molecule has 2 atom stereocenters. The zero-order chi connectivity index (χ0) is 16.4. The first kappa shape index (κ1) is 16.5. The Bertz CT molecular complexity index is 533. The lowest BCUT2D eigenvalue weighted by atomic mass is 10.0. The standard InChI is InChI=1S/C19H28N2O2/c1-13(2)21-11-17(18(12-21)23-3)20-19(22)10-14-8-15-6-4-5-7-16(15)9-14/h4-7,13-14,17-18H,8-12H2,1-3H3,(H,20,22)/t17-,18-/m0/s1. The molecule has 1 aliphatic carbocycles. The number of rotatable bonds is 5. The molecule has 1 saturated heterocycles. The number of hydrogen-bond donors (Lipinski definition) is 1. The summed E-state index contributed by atoms with van der Waals surface area (Å²) >= 11 is 0. The highest BCUT2D eigenvalue weighted by molar-refractivity contribution is 5.77. The van der Waals surface area contributed by atoms with Crippen molar-refractivity contribution in [3.63, 3.8) is 0 Å². The number of likely N-dealkylation sites (tertiary alicyclic amines) is 1. The van der Waals surface area contributed by atoms with Crippen LogP contribution in [0.4, 0.5) is 0 Å². The van der Waals surface area contributed by atoms with Crippen LogP contribution in [0.25, 0.3) is 0 Å². The van der Waals surface area contributed by atoms with Crippen LogP contribution >= 0.6 is 0 Å². The van der Waals surface area contributed by atoms with Crippen LogP contribution in [0.15, 0.2) is 24.3 Å². The highest BCUT2D eigenvalue weighted by Crippen LogP contribution is 2.28. The fraction of sp³-hybridized carbons (Fsp3) is 0.632. The zero-order valence-electron chi connectivity index (χ0n) is 14.4. The Morgan fingerprint density at radius 3 is 2.48 bits per heavy atom. The van der Waals surface area contributed by atoms with Gasteiger partial charge >= 0.3 is 0 Å². The first-order valence-electron chi connectivity index (χ1n) is 8.69. The lowest BCUT2D eigenvalue weighted by molar-refractivity contribution is -0.123. The van der Waals surface area contributed by atoms with Crippen molar-refractivity contribution in [3.05, 3.63) is 35.4 Å².